The molecule has 0 aliphatic heterocycles. The number of hydrogen-bond donors (Lipinski definition) is 0. The lowest BCUT2D eigenvalue weighted by Gasteiger charge is -2.16. The SMILES string of the molecule is C=C(C)C#CC(CC(C)C)OC(=O)c1ccccc1C(=O)OCCCCCCCCC. The van der Waals surface area contributed by atoms with Crippen LogP contribution in [0, 0.1) is 17.8 Å². The zero-order valence-electron chi connectivity index (χ0n) is 19.7. The normalized spacial score (nSPS) is 11.4. The summed E-state index contributed by atoms with van der Waals surface area (Å²) in [4.78, 5) is 25.3. The molecule has 0 bridgehead atoms. The summed E-state index contributed by atoms with van der Waals surface area (Å²) in [7, 11) is 0. The third-order valence-corrected chi connectivity index (χ3v) is 4.73. The molecule has 31 heavy (non-hydrogen) atoms. The van der Waals surface area contributed by atoms with Crippen molar-refractivity contribution >= 4 is 11.9 Å². The molecular formula is C27H38O4. The Kier molecular flexibility index (Phi) is 13.1. The van der Waals surface area contributed by atoms with Crippen LogP contribution in [0.4, 0.5) is 0 Å². The molecule has 0 heterocycles. The van der Waals surface area contributed by atoms with Gasteiger partial charge in [0.1, 0.15) is 0 Å². The Bertz CT molecular complexity index is 767. The number of unbranched alkanes of at least 4 members (excludes halogenated alkanes) is 6. The predicted molar refractivity (Wildman–Crippen MR) is 126 cm³/mol. The first-order valence-corrected chi connectivity index (χ1v) is 11.5. The highest BCUT2D eigenvalue weighted by molar-refractivity contribution is 6.03. The molecule has 0 aromatic heterocycles. The van der Waals surface area contributed by atoms with Gasteiger partial charge < -0.3 is 9.47 Å². The van der Waals surface area contributed by atoms with Crippen molar-refractivity contribution in [2.24, 2.45) is 5.92 Å². The Morgan fingerprint density at radius 3 is 2.13 bits per heavy atom. The Labute approximate surface area is 188 Å². The van der Waals surface area contributed by atoms with Crippen LogP contribution in [-0.2, 0) is 9.47 Å². The first kappa shape index (κ1) is 26.5. The summed E-state index contributed by atoms with van der Waals surface area (Å²) in [6, 6.07) is 6.61. The third kappa shape index (κ3) is 11.4. The van der Waals surface area contributed by atoms with E-state index < -0.39 is 18.0 Å². The summed E-state index contributed by atoms with van der Waals surface area (Å²) < 4.78 is 11.0. The van der Waals surface area contributed by atoms with Gasteiger partial charge in [-0.25, -0.2) is 9.59 Å². The number of hydrogen-bond acceptors (Lipinski definition) is 4. The second-order valence-electron chi connectivity index (χ2n) is 8.38. The number of ether oxygens (including phenoxy) is 2. The standard InChI is InChI=1S/C27H38O4/c1-6-7-8-9-10-11-14-19-30-26(28)24-15-12-13-16-25(24)27(29)31-23(20-22(4)5)18-17-21(2)3/h12-13,15-16,22-23H,2,6-11,14,19-20H2,1,3-5H3. The van der Waals surface area contributed by atoms with E-state index in [1.54, 1.807) is 31.2 Å². The molecule has 4 heteroatoms. The highest BCUT2D eigenvalue weighted by atomic mass is 16.5. The van der Waals surface area contributed by atoms with Crippen LogP contribution in [0.5, 0.6) is 0 Å². The zero-order valence-corrected chi connectivity index (χ0v) is 19.7. The number of benzene rings is 1. The molecule has 0 saturated carbocycles. The number of carbonyl (C=O) groups is 2. The summed E-state index contributed by atoms with van der Waals surface area (Å²) in [5.74, 6) is 5.09. The average molecular weight is 427 g/mol. The Morgan fingerprint density at radius 1 is 0.968 bits per heavy atom. The summed E-state index contributed by atoms with van der Waals surface area (Å²) in [5, 5.41) is 0. The lowest BCUT2D eigenvalue weighted by molar-refractivity contribution is 0.0360. The van der Waals surface area contributed by atoms with E-state index in [-0.39, 0.29) is 11.1 Å². The van der Waals surface area contributed by atoms with E-state index in [1.165, 1.54) is 25.7 Å². The molecule has 170 valence electrons. The van der Waals surface area contributed by atoms with Gasteiger partial charge in [-0.3, -0.25) is 0 Å². The molecule has 1 unspecified atom stereocenters. The zero-order chi connectivity index (χ0) is 23.1. The van der Waals surface area contributed by atoms with E-state index in [0.717, 1.165) is 19.3 Å². The maximum atomic E-state index is 12.8. The van der Waals surface area contributed by atoms with Crippen molar-refractivity contribution in [2.75, 3.05) is 6.61 Å². The fourth-order valence-electron chi connectivity index (χ4n) is 3.10. The summed E-state index contributed by atoms with van der Waals surface area (Å²) >= 11 is 0. The van der Waals surface area contributed by atoms with Gasteiger partial charge in [-0.05, 0) is 43.4 Å². The molecule has 0 spiro atoms. The van der Waals surface area contributed by atoms with Crippen molar-refractivity contribution in [2.45, 2.75) is 85.2 Å². The summed E-state index contributed by atoms with van der Waals surface area (Å²) in [6.45, 7) is 12.2. The monoisotopic (exact) mass is 426 g/mol. The van der Waals surface area contributed by atoms with Gasteiger partial charge in [0.25, 0.3) is 0 Å². The molecular weight excluding hydrogens is 388 g/mol. The van der Waals surface area contributed by atoms with E-state index in [2.05, 4.69) is 25.3 Å². The summed E-state index contributed by atoms with van der Waals surface area (Å²) in [6.07, 6.45) is 8.08. The second kappa shape index (κ2) is 15.3. The van der Waals surface area contributed by atoms with Gasteiger partial charge in [-0.1, -0.05) is 89.8 Å². The molecule has 0 fully saturated rings. The van der Waals surface area contributed by atoms with Crippen molar-refractivity contribution in [1.82, 2.24) is 0 Å². The Morgan fingerprint density at radius 2 is 1.55 bits per heavy atom. The van der Waals surface area contributed by atoms with Gasteiger partial charge in [0.15, 0.2) is 6.10 Å². The smallest absolute Gasteiger partial charge is 0.340 e. The van der Waals surface area contributed by atoms with Crippen molar-refractivity contribution in [3.63, 3.8) is 0 Å². The Hall–Kier alpha value is -2.54. The molecule has 0 N–H and O–H groups in total. The van der Waals surface area contributed by atoms with Crippen LogP contribution in [0.25, 0.3) is 0 Å². The topological polar surface area (TPSA) is 52.6 Å². The maximum absolute atomic E-state index is 12.8. The van der Waals surface area contributed by atoms with Crippen LogP contribution >= 0.6 is 0 Å². The van der Waals surface area contributed by atoms with E-state index in [1.807, 2.05) is 13.8 Å². The minimum atomic E-state index is -0.565. The van der Waals surface area contributed by atoms with Gasteiger partial charge >= 0.3 is 11.9 Å². The fraction of sp³-hybridized carbons (Fsp3) is 0.556. The third-order valence-electron chi connectivity index (χ3n) is 4.73. The van der Waals surface area contributed by atoms with E-state index >= 15 is 0 Å². The van der Waals surface area contributed by atoms with Crippen molar-refractivity contribution < 1.29 is 19.1 Å². The van der Waals surface area contributed by atoms with Crippen LogP contribution in [0.15, 0.2) is 36.4 Å². The van der Waals surface area contributed by atoms with Crippen LogP contribution in [-0.4, -0.2) is 24.6 Å². The van der Waals surface area contributed by atoms with Crippen molar-refractivity contribution in [1.29, 1.82) is 0 Å². The number of carbonyl (C=O) groups excluding carboxylic acids is 2. The van der Waals surface area contributed by atoms with Gasteiger partial charge in [0.2, 0.25) is 0 Å². The van der Waals surface area contributed by atoms with Gasteiger partial charge in [-0.2, -0.15) is 0 Å². The van der Waals surface area contributed by atoms with Crippen molar-refractivity contribution in [3.8, 4) is 11.8 Å². The minimum absolute atomic E-state index is 0.206. The largest absolute Gasteiger partial charge is 0.462 e. The molecule has 1 aromatic rings. The number of allylic oxidation sites excluding steroid dienone is 1. The molecule has 0 amide bonds. The van der Waals surface area contributed by atoms with Crippen LogP contribution in [0.2, 0.25) is 0 Å². The number of esters is 2. The van der Waals surface area contributed by atoms with E-state index in [9.17, 15) is 9.59 Å². The number of rotatable bonds is 13. The molecule has 0 saturated heterocycles. The van der Waals surface area contributed by atoms with Crippen molar-refractivity contribution in [3.05, 3.63) is 47.5 Å². The highest BCUT2D eigenvalue weighted by Gasteiger charge is 2.22. The fourth-order valence-corrected chi connectivity index (χ4v) is 3.10. The summed E-state index contributed by atoms with van der Waals surface area (Å²) in [5.41, 5.74) is 1.14. The quantitative estimate of drug-likeness (QED) is 0.199. The van der Waals surface area contributed by atoms with E-state index in [4.69, 9.17) is 9.47 Å². The second-order valence-corrected chi connectivity index (χ2v) is 8.38. The molecule has 1 atom stereocenters. The maximum Gasteiger partial charge on any atom is 0.340 e. The molecule has 0 aliphatic rings. The lowest BCUT2D eigenvalue weighted by Crippen LogP contribution is -2.21. The van der Waals surface area contributed by atoms with E-state index in [0.29, 0.717) is 24.5 Å². The Balaban J connectivity index is 2.68. The first-order valence-electron chi connectivity index (χ1n) is 11.5. The van der Waals surface area contributed by atoms with Gasteiger partial charge in [0, 0.05) is 0 Å². The molecule has 1 aromatic carbocycles. The highest BCUT2D eigenvalue weighted by Crippen LogP contribution is 2.16. The first-order chi connectivity index (χ1) is 14.8. The van der Waals surface area contributed by atoms with Gasteiger partial charge in [-0.15, -0.1) is 0 Å². The minimum Gasteiger partial charge on any atom is -0.462 e. The molecule has 0 aliphatic carbocycles. The molecule has 0 radical (unpaired) electrons. The van der Waals surface area contributed by atoms with Crippen LogP contribution in [0.3, 0.4) is 0 Å². The molecule has 1 rings (SSSR count). The van der Waals surface area contributed by atoms with Crippen LogP contribution < -0.4 is 0 Å². The van der Waals surface area contributed by atoms with Crippen LogP contribution in [0.1, 0.15) is 99.8 Å². The average Bonchev–Trinajstić information content (AvgIpc) is 2.73. The lowest BCUT2D eigenvalue weighted by atomic mass is 10.0. The molecule has 4 nitrogen and oxygen atoms in total. The predicted octanol–water partition coefficient (Wildman–Crippen LogP) is 6.75. The van der Waals surface area contributed by atoms with Gasteiger partial charge in [0.05, 0.1) is 17.7 Å².